The summed E-state index contributed by atoms with van der Waals surface area (Å²) in [5.41, 5.74) is 1.66. The van der Waals surface area contributed by atoms with Crippen LogP contribution in [0.25, 0.3) is 0 Å². The maximum atomic E-state index is 12.9. The van der Waals surface area contributed by atoms with E-state index in [9.17, 15) is 14.0 Å². The minimum absolute atomic E-state index is 0.00589. The molecule has 0 spiro atoms. The standard InChI is InChI=1S/C21H25FN4O2/c22-18-6-8-19(9-7-18)24-21(28)16-26-12-10-25(11-13-26)15-20(27)23-14-17-4-2-1-3-5-17/h1-9H,10-16H2,(H,23,27)(H,24,28). The van der Waals surface area contributed by atoms with Crippen LogP contribution in [-0.4, -0.2) is 60.9 Å². The Balaban J connectivity index is 1.34. The molecule has 0 radical (unpaired) electrons. The third kappa shape index (κ3) is 6.44. The third-order valence-electron chi connectivity index (χ3n) is 4.66. The predicted molar refractivity (Wildman–Crippen MR) is 106 cm³/mol. The van der Waals surface area contributed by atoms with E-state index < -0.39 is 0 Å². The van der Waals surface area contributed by atoms with Crippen LogP contribution >= 0.6 is 0 Å². The Morgan fingerprint density at radius 3 is 2.00 bits per heavy atom. The molecule has 0 unspecified atom stereocenters. The minimum Gasteiger partial charge on any atom is -0.351 e. The molecule has 3 rings (SSSR count). The van der Waals surface area contributed by atoms with E-state index in [0.29, 0.717) is 18.8 Å². The molecule has 0 saturated carbocycles. The fourth-order valence-corrected chi connectivity index (χ4v) is 3.10. The zero-order valence-corrected chi connectivity index (χ0v) is 15.7. The van der Waals surface area contributed by atoms with Gasteiger partial charge in [-0.15, -0.1) is 0 Å². The van der Waals surface area contributed by atoms with Crippen LogP contribution in [0.2, 0.25) is 0 Å². The van der Waals surface area contributed by atoms with Crippen LogP contribution in [0.15, 0.2) is 54.6 Å². The van der Waals surface area contributed by atoms with E-state index in [0.717, 1.165) is 31.7 Å². The Labute approximate surface area is 164 Å². The number of hydrogen-bond acceptors (Lipinski definition) is 4. The average molecular weight is 384 g/mol. The van der Waals surface area contributed by atoms with Gasteiger partial charge in [0.05, 0.1) is 13.1 Å². The second kappa shape index (κ2) is 9.96. The lowest BCUT2D eigenvalue weighted by Crippen LogP contribution is -2.50. The highest BCUT2D eigenvalue weighted by atomic mass is 19.1. The van der Waals surface area contributed by atoms with E-state index >= 15 is 0 Å². The number of carbonyl (C=O) groups is 2. The fraction of sp³-hybridized carbons (Fsp3) is 0.333. The zero-order valence-electron chi connectivity index (χ0n) is 15.7. The Morgan fingerprint density at radius 1 is 0.821 bits per heavy atom. The molecule has 1 aliphatic rings. The van der Waals surface area contributed by atoms with Gasteiger partial charge < -0.3 is 10.6 Å². The van der Waals surface area contributed by atoms with Gasteiger partial charge in [-0.3, -0.25) is 19.4 Å². The van der Waals surface area contributed by atoms with Gasteiger partial charge in [0.25, 0.3) is 0 Å². The highest BCUT2D eigenvalue weighted by Gasteiger charge is 2.20. The quantitative estimate of drug-likeness (QED) is 0.763. The predicted octanol–water partition coefficient (Wildman–Crippen LogP) is 1.70. The summed E-state index contributed by atoms with van der Waals surface area (Å²) in [6.07, 6.45) is 0. The maximum Gasteiger partial charge on any atom is 0.238 e. The number of halogens is 1. The molecule has 0 aromatic heterocycles. The first-order valence-electron chi connectivity index (χ1n) is 9.39. The first-order valence-corrected chi connectivity index (χ1v) is 9.39. The van der Waals surface area contributed by atoms with Crippen LogP contribution in [0, 0.1) is 5.82 Å². The molecule has 1 fully saturated rings. The van der Waals surface area contributed by atoms with Crippen molar-refractivity contribution in [1.29, 1.82) is 0 Å². The molecular formula is C21H25FN4O2. The monoisotopic (exact) mass is 384 g/mol. The van der Waals surface area contributed by atoms with Crippen molar-refractivity contribution < 1.29 is 14.0 Å². The molecule has 0 aliphatic carbocycles. The molecule has 1 heterocycles. The van der Waals surface area contributed by atoms with Gasteiger partial charge in [0, 0.05) is 38.4 Å². The summed E-state index contributed by atoms with van der Waals surface area (Å²) in [7, 11) is 0. The van der Waals surface area contributed by atoms with Crippen molar-refractivity contribution >= 4 is 17.5 Å². The first kappa shape index (κ1) is 20.0. The number of piperazine rings is 1. The minimum atomic E-state index is -0.332. The summed E-state index contributed by atoms with van der Waals surface area (Å²) in [4.78, 5) is 28.4. The second-order valence-corrected chi connectivity index (χ2v) is 6.87. The molecular weight excluding hydrogens is 359 g/mol. The van der Waals surface area contributed by atoms with Gasteiger partial charge in [-0.05, 0) is 29.8 Å². The molecule has 28 heavy (non-hydrogen) atoms. The largest absolute Gasteiger partial charge is 0.351 e. The third-order valence-corrected chi connectivity index (χ3v) is 4.66. The van der Waals surface area contributed by atoms with Crippen LogP contribution in [0.5, 0.6) is 0 Å². The molecule has 1 saturated heterocycles. The van der Waals surface area contributed by atoms with Gasteiger partial charge in [0.15, 0.2) is 0 Å². The van der Waals surface area contributed by atoms with Crippen LogP contribution in [0.1, 0.15) is 5.56 Å². The number of amides is 2. The Bertz CT molecular complexity index is 775. The van der Waals surface area contributed by atoms with Gasteiger partial charge in [-0.25, -0.2) is 4.39 Å². The summed E-state index contributed by atoms with van der Waals surface area (Å²) in [6, 6.07) is 15.5. The van der Waals surface area contributed by atoms with Gasteiger partial charge >= 0.3 is 0 Å². The average Bonchev–Trinajstić information content (AvgIpc) is 2.70. The van der Waals surface area contributed by atoms with E-state index in [1.165, 1.54) is 12.1 Å². The summed E-state index contributed by atoms with van der Waals surface area (Å²) < 4.78 is 12.9. The van der Waals surface area contributed by atoms with Gasteiger partial charge in [0.1, 0.15) is 5.82 Å². The molecule has 6 nitrogen and oxygen atoms in total. The number of carbonyl (C=O) groups excluding carboxylic acids is 2. The normalized spacial score (nSPS) is 15.2. The highest BCUT2D eigenvalue weighted by molar-refractivity contribution is 5.92. The van der Waals surface area contributed by atoms with Crippen molar-refractivity contribution in [1.82, 2.24) is 15.1 Å². The summed E-state index contributed by atoms with van der Waals surface area (Å²) >= 11 is 0. The zero-order chi connectivity index (χ0) is 19.8. The Kier molecular flexibility index (Phi) is 7.11. The van der Waals surface area contributed by atoms with Crippen LogP contribution < -0.4 is 10.6 Å². The van der Waals surface area contributed by atoms with Gasteiger partial charge in [0.2, 0.25) is 11.8 Å². The lowest BCUT2D eigenvalue weighted by Gasteiger charge is -2.33. The summed E-state index contributed by atoms with van der Waals surface area (Å²) in [6.45, 7) is 4.11. The van der Waals surface area contributed by atoms with Crippen molar-refractivity contribution in [3.05, 3.63) is 66.0 Å². The fourth-order valence-electron chi connectivity index (χ4n) is 3.10. The van der Waals surface area contributed by atoms with Crippen molar-refractivity contribution in [3.63, 3.8) is 0 Å². The number of rotatable bonds is 7. The number of anilines is 1. The van der Waals surface area contributed by atoms with Crippen LogP contribution in [0.4, 0.5) is 10.1 Å². The van der Waals surface area contributed by atoms with E-state index in [1.54, 1.807) is 12.1 Å². The molecule has 1 aliphatic heterocycles. The lowest BCUT2D eigenvalue weighted by atomic mass is 10.2. The van der Waals surface area contributed by atoms with Crippen molar-refractivity contribution in [3.8, 4) is 0 Å². The van der Waals surface area contributed by atoms with Gasteiger partial charge in [-0.2, -0.15) is 0 Å². The summed E-state index contributed by atoms with van der Waals surface area (Å²) in [5, 5.41) is 5.70. The second-order valence-electron chi connectivity index (χ2n) is 6.87. The Hall–Kier alpha value is -2.77. The SMILES string of the molecule is O=C(CN1CCN(CC(=O)Nc2ccc(F)cc2)CC1)NCc1ccccc1. The van der Waals surface area contributed by atoms with Crippen LogP contribution in [-0.2, 0) is 16.1 Å². The topological polar surface area (TPSA) is 64.7 Å². The van der Waals surface area contributed by atoms with Gasteiger partial charge in [-0.1, -0.05) is 30.3 Å². The smallest absolute Gasteiger partial charge is 0.238 e. The van der Waals surface area contributed by atoms with E-state index in [-0.39, 0.29) is 24.2 Å². The number of hydrogen-bond donors (Lipinski definition) is 2. The van der Waals surface area contributed by atoms with Crippen molar-refractivity contribution in [2.45, 2.75) is 6.54 Å². The first-order chi connectivity index (χ1) is 13.6. The maximum absolute atomic E-state index is 12.9. The molecule has 2 amide bonds. The van der Waals surface area contributed by atoms with Crippen molar-refractivity contribution in [2.75, 3.05) is 44.6 Å². The number of nitrogens with zero attached hydrogens (tertiary/aromatic N) is 2. The van der Waals surface area contributed by atoms with E-state index in [1.807, 2.05) is 30.3 Å². The van der Waals surface area contributed by atoms with Crippen molar-refractivity contribution in [2.24, 2.45) is 0 Å². The molecule has 0 atom stereocenters. The van der Waals surface area contributed by atoms with Crippen LogP contribution in [0.3, 0.4) is 0 Å². The molecule has 2 aromatic rings. The molecule has 2 N–H and O–H groups in total. The lowest BCUT2D eigenvalue weighted by molar-refractivity contribution is -0.123. The molecule has 0 bridgehead atoms. The number of nitrogens with one attached hydrogen (secondary N) is 2. The molecule has 7 heteroatoms. The number of benzene rings is 2. The molecule has 2 aromatic carbocycles. The Morgan fingerprint density at radius 2 is 1.39 bits per heavy atom. The van der Waals surface area contributed by atoms with E-state index in [2.05, 4.69) is 20.4 Å². The highest BCUT2D eigenvalue weighted by Crippen LogP contribution is 2.09. The molecule has 148 valence electrons. The van der Waals surface area contributed by atoms with E-state index in [4.69, 9.17) is 0 Å². The summed E-state index contributed by atoms with van der Waals surface area (Å²) in [5.74, 6) is -0.450.